The molecular weight excluding hydrogens is 459 g/mol. The van der Waals surface area contributed by atoms with Crippen molar-refractivity contribution >= 4 is 12.0 Å². The van der Waals surface area contributed by atoms with Gasteiger partial charge in [0.25, 0.3) is 0 Å². The van der Waals surface area contributed by atoms with E-state index < -0.39 is 30.4 Å². The second kappa shape index (κ2) is 13.8. The van der Waals surface area contributed by atoms with E-state index in [1.165, 1.54) is 18.2 Å². The molecule has 2 aromatic rings. The molecule has 2 atom stereocenters. The molecule has 0 aromatic heterocycles. The molecule has 2 aromatic carbocycles. The predicted octanol–water partition coefficient (Wildman–Crippen LogP) is 2.96. The number of aliphatic carboxylic acids is 1. The van der Waals surface area contributed by atoms with Crippen LogP contribution in [-0.4, -0.2) is 70.1 Å². The van der Waals surface area contributed by atoms with E-state index >= 15 is 0 Å². The number of aliphatic hydroxyl groups is 4. The first kappa shape index (κ1) is 28.3. The highest BCUT2D eigenvalue weighted by Crippen LogP contribution is 2.45. The Morgan fingerprint density at radius 1 is 1.06 bits per heavy atom. The Kier molecular flexibility index (Phi) is 11.1. The Morgan fingerprint density at radius 2 is 1.69 bits per heavy atom. The lowest BCUT2D eigenvalue weighted by molar-refractivity contribution is -0.139. The second-order valence-corrected chi connectivity index (χ2v) is 8.30. The van der Waals surface area contributed by atoms with Crippen molar-refractivity contribution in [2.45, 2.75) is 44.8 Å². The Bertz CT molecular complexity index is 988. The van der Waals surface area contributed by atoms with Crippen LogP contribution in [0, 0.1) is 5.82 Å². The largest absolute Gasteiger partial charge is 0.487 e. The molecule has 0 amide bonds. The molecule has 0 fully saturated rings. The van der Waals surface area contributed by atoms with E-state index in [2.05, 4.69) is 0 Å². The quantitative estimate of drug-likeness (QED) is 0.272. The van der Waals surface area contributed by atoms with E-state index in [4.69, 9.17) is 14.6 Å². The highest BCUT2D eigenvalue weighted by atomic mass is 19.1. The third-order valence-electron chi connectivity index (χ3n) is 5.17. The van der Waals surface area contributed by atoms with E-state index in [1.807, 2.05) is 13.8 Å². The van der Waals surface area contributed by atoms with Crippen LogP contribution in [0.15, 0.2) is 36.4 Å². The second-order valence-electron chi connectivity index (χ2n) is 8.30. The minimum atomic E-state index is -1.22. The number of hydrogen-bond acceptors (Lipinski definition) is 7. The Balaban J connectivity index is 2.68. The Morgan fingerprint density at radius 3 is 2.26 bits per heavy atom. The van der Waals surface area contributed by atoms with Crippen LogP contribution in [0.5, 0.6) is 11.5 Å². The van der Waals surface area contributed by atoms with Crippen molar-refractivity contribution in [3.63, 3.8) is 0 Å². The molecule has 0 bridgehead atoms. The number of carboxylic acids is 1. The van der Waals surface area contributed by atoms with Crippen molar-refractivity contribution in [2.24, 2.45) is 0 Å². The highest BCUT2D eigenvalue weighted by Gasteiger charge is 2.23. The number of carbonyl (C=O) groups is 1. The van der Waals surface area contributed by atoms with E-state index in [0.717, 1.165) is 5.56 Å². The molecule has 0 aliphatic carbocycles. The third-order valence-corrected chi connectivity index (χ3v) is 5.17. The van der Waals surface area contributed by atoms with Gasteiger partial charge in [0.05, 0.1) is 31.8 Å². The van der Waals surface area contributed by atoms with Crippen molar-refractivity contribution in [1.82, 2.24) is 0 Å². The Hall–Kier alpha value is -2.98. The van der Waals surface area contributed by atoms with Gasteiger partial charge in [0, 0.05) is 12.0 Å². The van der Waals surface area contributed by atoms with Gasteiger partial charge in [0.1, 0.15) is 19.0 Å². The van der Waals surface area contributed by atoms with E-state index in [9.17, 15) is 29.6 Å². The van der Waals surface area contributed by atoms with Crippen LogP contribution >= 0.6 is 0 Å². The van der Waals surface area contributed by atoms with Crippen molar-refractivity contribution in [2.75, 3.05) is 26.4 Å². The molecule has 5 N–H and O–H groups in total. The van der Waals surface area contributed by atoms with E-state index in [1.54, 1.807) is 24.3 Å². The number of hydrogen-bond donors (Lipinski definition) is 5. The predicted molar refractivity (Wildman–Crippen MR) is 129 cm³/mol. The van der Waals surface area contributed by atoms with Crippen LogP contribution in [-0.2, 0) is 4.79 Å². The van der Waals surface area contributed by atoms with Gasteiger partial charge in [-0.05, 0) is 40.8 Å². The minimum absolute atomic E-state index is 0.00520. The molecular formula is C26H33FO8. The van der Waals surface area contributed by atoms with Gasteiger partial charge in [-0.15, -0.1) is 0 Å². The number of halogens is 1. The summed E-state index contributed by atoms with van der Waals surface area (Å²) in [4.78, 5) is 10.8. The molecule has 192 valence electrons. The number of rotatable bonds is 14. The summed E-state index contributed by atoms with van der Waals surface area (Å²) in [6.45, 7) is 3.38. The molecule has 0 aliphatic rings. The highest BCUT2D eigenvalue weighted by molar-refractivity contribution is 5.85. The minimum Gasteiger partial charge on any atom is -0.487 e. The standard InChI is InChI=1S/C26H33FO8/c1-16(2)22-15-23(34-11-9-28)26(35-12-10-29)25(17-3-5-18(27)6-4-17)21(22)8-7-19(30)13-20(31)14-24(32)33/h3-8,15-16,19-20,28-31H,9-14H2,1-2H3,(H,32,33)/b8-7+. The van der Waals surface area contributed by atoms with E-state index in [0.29, 0.717) is 22.4 Å². The maximum absolute atomic E-state index is 13.7. The first-order valence-corrected chi connectivity index (χ1v) is 11.4. The average molecular weight is 493 g/mol. The fourth-order valence-electron chi connectivity index (χ4n) is 3.64. The first-order valence-electron chi connectivity index (χ1n) is 11.4. The molecule has 0 saturated heterocycles. The smallest absolute Gasteiger partial charge is 0.305 e. The zero-order valence-corrected chi connectivity index (χ0v) is 19.9. The summed E-state index contributed by atoms with van der Waals surface area (Å²) < 4.78 is 25.3. The van der Waals surface area contributed by atoms with Crippen LogP contribution < -0.4 is 9.47 Å². The van der Waals surface area contributed by atoms with Crippen LogP contribution in [0.1, 0.15) is 43.7 Å². The number of carboxylic acid groups (broad SMARTS) is 1. The molecule has 8 nitrogen and oxygen atoms in total. The topological polar surface area (TPSA) is 137 Å². The normalized spacial score (nSPS) is 13.3. The summed E-state index contributed by atoms with van der Waals surface area (Å²) in [5, 5.41) is 47.7. The van der Waals surface area contributed by atoms with Crippen LogP contribution in [0.2, 0.25) is 0 Å². The third kappa shape index (κ3) is 8.32. The fraction of sp³-hybridized carbons (Fsp3) is 0.423. The first-order chi connectivity index (χ1) is 16.7. The lowest BCUT2D eigenvalue weighted by Gasteiger charge is -2.23. The molecule has 0 spiro atoms. The Labute approximate surface area is 203 Å². The zero-order chi connectivity index (χ0) is 26.0. The molecule has 0 heterocycles. The van der Waals surface area contributed by atoms with Crippen LogP contribution in [0.25, 0.3) is 17.2 Å². The zero-order valence-electron chi connectivity index (χ0n) is 19.9. The summed E-state index contributed by atoms with van der Waals surface area (Å²) in [6, 6.07) is 7.49. The summed E-state index contributed by atoms with van der Waals surface area (Å²) in [5.74, 6) is -0.998. The number of benzene rings is 2. The average Bonchev–Trinajstić information content (AvgIpc) is 2.79. The van der Waals surface area contributed by atoms with Gasteiger partial charge in [-0.25, -0.2) is 4.39 Å². The van der Waals surface area contributed by atoms with Gasteiger partial charge in [0.2, 0.25) is 0 Å². The van der Waals surface area contributed by atoms with Crippen LogP contribution in [0.4, 0.5) is 4.39 Å². The monoisotopic (exact) mass is 492 g/mol. The van der Waals surface area contributed by atoms with Crippen molar-refractivity contribution in [1.29, 1.82) is 0 Å². The molecule has 2 rings (SSSR count). The number of ether oxygens (including phenoxy) is 2. The maximum Gasteiger partial charge on any atom is 0.305 e. The maximum atomic E-state index is 13.7. The fourth-order valence-corrected chi connectivity index (χ4v) is 3.64. The molecule has 0 radical (unpaired) electrons. The summed E-state index contributed by atoms with van der Waals surface area (Å²) >= 11 is 0. The SMILES string of the molecule is CC(C)c1cc(OCCO)c(OCCO)c(-c2ccc(F)cc2)c1/C=C/C(O)CC(O)CC(=O)O. The van der Waals surface area contributed by atoms with Crippen molar-refractivity contribution in [3.05, 3.63) is 53.4 Å². The van der Waals surface area contributed by atoms with E-state index in [-0.39, 0.29) is 44.5 Å². The summed E-state index contributed by atoms with van der Waals surface area (Å²) in [5.41, 5.74) is 2.58. The number of aliphatic hydroxyl groups excluding tert-OH is 4. The lowest BCUT2D eigenvalue weighted by Crippen LogP contribution is -2.19. The molecule has 2 unspecified atom stereocenters. The van der Waals surface area contributed by atoms with Gasteiger partial charge < -0.3 is 35.0 Å². The summed E-state index contributed by atoms with van der Waals surface area (Å²) in [7, 11) is 0. The van der Waals surface area contributed by atoms with Crippen molar-refractivity contribution in [3.8, 4) is 22.6 Å². The molecule has 9 heteroatoms. The molecule has 35 heavy (non-hydrogen) atoms. The summed E-state index contributed by atoms with van der Waals surface area (Å²) in [6.07, 6.45) is 0.0940. The van der Waals surface area contributed by atoms with Crippen molar-refractivity contribution < 1.29 is 44.2 Å². The van der Waals surface area contributed by atoms with Gasteiger partial charge in [-0.2, -0.15) is 0 Å². The lowest BCUT2D eigenvalue weighted by atomic mass is 9.88. The van der Waals surface area contributed by atoms with Gasteiger partial charge in [-0.1, -0.05) is 38.1 Å². The molecule has 0 saturated carbocycles. The van der Waals surface area contributed by atoms with Crippen LogP contribution in [0.3, 0.4) is 0 Å². The molecule has 0 aliphatic heterocycles. The van der Waals surface area contributed by atoms with Gasteiger partial charge in [0.15, 0.2) is 11.5 Å². The van der Waals surface area contributed by atoms with Gasteiger partial charge >= 0.3 is 5.97 Å². The van der Waals surface area contributed by atoms with Gasteiger partial charge in [-0.3, -0.25) is 4.79 Å².